The number of aromatic carboxylic acids is 1. The van der Waals surface area contributed by atoms with Crippen LogP contribution in [0.25, 0.3) is 0 Å². The molecule has 3 atom stereocenters. The highest BCUT2D eigenvalue weighted by Crippen LogP contribution is 2.35. The smallest absolute Gasteiger partial charge is 0.338 e. The summed E-state index contributed by atoms with van der Waals surface area (Å²) in [7, 11) is 0. The summed E-state index contributed by atoms with van der Waals surface area (Å²) in [5.41, 5.74) is 1.20. The lowest BCUT2D eigenvalue weighted by Gasteiger charge is -2.43. The van der Waals surface area contributed by atoms with Crippen LogP contribution in [0.1, 0.15) is 37.6 Å². The van der Waals surface area contributed by atoms with Crippen molar-refractivity contribution in [3.63, 3.8) is 0 Å². The van der Waals surface area contributed by atoms with Gasteiger partial charge in [0.1, 0.15) is 0 Å². The molecule has 19 heavy (non-hydrogen) atoms. The number of hydrogen-bond donors (Lipinski definition) is 1. The van der Waals surface area contributed by atoms with Crippen molar-refractivity contribution in [3.05, 3.63) is 28.2 Å². The third-order valence-corrected chi connectivity index (χ3v) is 4.77. The minimum absolute atomic E-state index is 0.364. The zero-order valence-electron chi connectivity index (χ0n) is 11.6. The predicted molar refractivity (Wildman–Crippen MR) is 80.9 cm³/mol. The van der Waals surface area contributed by atoms with E-state index in [1.165, 1.54) is 6.42 Å². The Kier molecular flexibility index (Phi) is 4.19. The summed E-state index contributed by atoms with van der Waals surface area (Å²) in [6, 6.07) is 5.97. The highest BCUT2D eigenvalue weighted by molar-refractivity contribution is 9.10. The summed E-state index contributed by atoms with van der Waals surface area (Å²) >= 11 is 3.36. The molecule has 1 aliphatic heterocycles. The van der Waals surface area contributed by atoms with Gasteiger partial charge in [0.25, 0.3) is 0 Å². The highest BCUT2D eigenvalue weighted by atomic mass is 79.9. The molecule has 0 saturated carbocycles. The highest BCUT2D eigenvalue weighted by Gasteiger charge is 2.31. The molecular weight excluding hydrogens is 306 g/mol. The largest absolute Gasteiger partial charge is 0.478 e. The summed E-state index contributed by atoms with van der Waals surface area (Å²) in [4.78, 5) is 13.7. The van der Waals surface area contributed by atoms with E-state index in [4.69, 9.17) is 0 Å². The Morgan fingerprint density at radius 2 is 2.05 bits per heavy atom. The molecule has 0 bridgehead atoms. The Morgan fingerprint density at radius 3 is 2.68 bits per heavy atom. The van der Waals surface area contributed by atoms with E-state index in [1.807, 2.05) is 12.1 Å². The summed E-state index contributed by atoms with van der Waals surface area (Å²) in [5.74, 6) is 0.289. The molecular formula is C15H20BrNO2. The molecule has 4 heteroatoms. The van der Waals surface area contributed by atoms with E-state index in [-0.39, 0.29) is 0 Å². The summed E-state index contributed by atoms with van der Waals surface area (Å²) in [6.07, 6.45) is 1.20. The van der Waals surface area contributed by atoms with E-state index >= 15 is 0 Å². The number of benzene rings is 1. The molecule has 3 unspecified atom stereocenters. The fourth-order valence-electron chi connectivity index (χ4n) is 3.00. The van der Waals surface area contributed by atoms with Crippen LogP contribution in [0.15, 0.2) is 22.7 Å². The Morgan fingerprint density at radius 1 is 1.37 bits per heavy atom. The van der Waals surface area contributed by atoms with Gasteiger partial charge < -0.3 is 10.0 Å². The first-order valence-electron chi connectivity index (χ1n) is 6.70. The molecule has 0 aliphatic carbocycles. The molecule has 1 heterocycles. The van der Waals surface area contributed by atoms with E-state index in [1.54, 1.807) is 6.07 Å². The van der Waals surface area contributed by atoms with Crippen molar-refractivity contribution in [1.82, 2.24) is 0 Å². The van der Waals surface area contributed by atoms with E-state index in [2.05, 4.69) is 41.6 Å². The summed E-state index contributed by atoms with van der Waals surface area (Å²) < 4.78 is 0.649. The van der Waals surface area contributed by atoms with Gasteiger partial charge in [0.2, 0.25) is 0 Å². The third-order valence-electron chi connectivity index (χ3n) is 4.11. The van der Waals surface area contributed by atoms with Crippen LogP contribution in [0.4, 0.5) is 5.69 Å². The normalized spacial score (nSPS) is 27.4. The third kappa shape index (κ3) is 2.78. The number of hydrogen-bond acceptors (Lipinski definition) is 2. The molecule has 1 aliphatic rings. The molecule has 0 spiro atoms. The Bertz CT molecular complexity index is 489. The SMILES string of the molecule is CC1CC(C)C(C)N(c2cccc(Br)c2C(=O)O)C1. The van der Waals surface area contributed by atoms with Gasteiger partial charge in [0.15, 0.2) is 0 Å². The molecule has 0 radical (unpaired) electrons. The molecule has 1 aromatic rings. The standard InChI is InChI=1S/C15H20BrNO2/c1-9-7-10(2)11(3)17(8-9)13-6-4-5-12(16)14(13)15(18)19/h4-6,9-11H,7-8H2,1-3H3,(H,18,19). The maximum atomic E-state index is 11.5. The molecule has 1 aromatic carbocycles. The second-order valence-electron chi connectivity index (χ2n) is 5.65. The van der Waals surface area contributed by atoms with Crippen LogP contribution in [0, 0.1) is 11.8 Å². The van der Waals surface area contributed by atoms with Gasteiger partial charge in [-0.3, -0.25) is 0 Å². The van der Waals surface area contributed by atoms with Crippen LogP contribution in [0.5, 0.6) is 0 Å². The minimum Gasteiger partial charge on any atom is -0.478 e. The van der Waals surface area contributed by atoms with Crippen LogP contribution in [0.2, 0.25) is 0 Å². The van der Waals surface area contributed by atoms with Crippen molar-refractivity contribution in [1.29, 1.82) is 0 Å². The van der Waals surface area contributed by atoms with Crippen molar-refractivity contribution in [2.75, 3.05) is 11.4 Å². The second-order valence-corrected chi connectivity index (χ2v) is 6.50. The van der Waals surface area contributed by atoms with E-state index < -0.39 is 5.97 Å². The molecule has 3 nitrogen and oxygen atoms in total. The fraction of sp³-hybridized carbons (Fsp3) is 0.533. The number of nitrogens with zero attached hydrogens (tertiary/aromatic N) is 1. The minimum atomic E-state index is -0.874. The van der Waals surface area contributed by atoms with Crippen LogP contribution >= 0.6 is 15.9 Å². The molecule has 1 N–H and O–H groups in total. The Balaban J connectivity index is 2.46. The van der Waals surface area contributed by atoms with Gasteiger partial charge in [-0.05, 0) is 53.2 Å². The second kappa shape index (κ2) is 5.53. The van der Waals surface area contributed by atoms with Gasteiger partial charge in [0.05, 0.1) is 11.3 Å². The maximum Gasteiger partial charge on any atom is 0.338 e. The molecule has 1 fully saturated rings. The number of anilines is 1. The summed E-state index contributed by atoms with van der Waals surface area (Å²) in [5, 5.41) is 9.44. The Hall–Kier alpha value is -1.03. The quantitative estimate of drug-likeness (QED) is 0.892. The van der Waals surface area contributed by atoms with Gasteiger partial charge in [-0.2, -0.15) is 0 Å². The lowest BCUT2D eigenvalue weighted by atomic mass is 9.85. The van der Waals surface area contributed by atoms with E-state index in [0.29, 0.717) is 27.9 Å². The molecule has 104 valence electrons. The van der Waals surface area contributed by atoms with Crippen molar-refractivity contribution in [2.45, 2.75) is 33.2 Å². The van der Waals surface area contributed by atoms with Gasteiger partial charge >= 0.3 is 5.97 Å². The monoisotopic (exact) mass is 325 g/mol. The van der Waals surface area contributed by atoms with Crippen LogP contribution in [-0.4, -0.2) is 23.7 Å². The zero-order chi connectivity index (χ0) is 14.2. The number of carboxylic acids is 1. The van der Waals surface area contributed by atoms with Crippen molar-refractivity contribution >= 4 is 27.6 Å². The van der Waals surface area contributed by atoms with Gasteiger partial charge in [-0.15, -0.1) is 0 Å². The average Bonchev–Trinajstić information content (AvgIpc) is 2.33. The number of rotatable bonds is 2. The number of piperidine rings is 1. The molecule has 0 amide bonds. The summed E-state index contributed by atoms with van der Waals surface area (Å²) in [6.45, 7) is 7.57. The molecule has 1 saturated heterocycles. The van der Waals surface area contributed by atoms with Crippen molar-refractivity contribution < 1.29 is 9.90 Å². The van der Waals surface area contributed by atoms with Crippen LogP contribution in [-0.2, 0) is 0 Å². The molecule has 2 rings (SSSR count). The maximum absolute atomic E-state index is 11.5. The first kappa shape index (κ1) is 14.4. The lowest BCUT2D eigenvalue weighted by molar-refractivity contribution is 0.0696. The van der Waals surface area contributed by atoms with E-state index in [0.717, 1.165) is 12.2 Å². The van der Waals surface area contributed by atoms with Crippen LogP contribution in [0.3, 0.4) is 0 Å². The molecule has 0 aromatic heterocycles. The first-order valence-corrected chi connectivity index (χ1v) is 7.49. The predicted octanol–water partition coefficient (Wildman–Crippen LogP) is 4.02. The number of halogens is 1. The van der Waals surface area contributed by atoms with Crippen molar-refractivity contribution in [2.24, 2.45) is 11.8 Å². The van der Waals surface area contributed by atoms with E-state index in [9.17, 15) is 9.90 Å². The van der Waals surface area contributed by atoms with Gasteiger partial charge in [0, 0.05) is 17.1 Å². The van der Waals surface area contributed by atoms with Crippen molar-refractivity contribution in [3.8, 4) is 0 Å². The topological polar surface area (TPSA) is 40.5 Å². The van der Waals surface area contributed by atoms with Crippen LogP contribution < -0.4 is 4.90 Å². The van der Waals surface area contributed by atoms with Gasteiger partial charge in [-0.25, -0.2) is 4.79 Å². The number of carbonyl (C=O) groups is 1. The zero-order valence-corrected chi connectivity index (χ0v) is 13.1. The fourth-order valence-corrected chi connectivity index (χ4v) is 3.52. The first-order chi connectivity index (χ1) is 8.91. The average molecular weight is 326 g/mol. The lowest BCUT2D eigenvalue weighted by Crippen LogP contribution is -2.46. The number of carboxylic acid groups (broad SMARTS) is 1. The van der Waals surface area contributed by atoms with Gasteiger partial charge in [-0.1, -0.05) is 19.9 Å². The Labute approximate surface area is 122 Å².